The number of carbonyl (C=O) groups is 2. The topological polar surface area (TPSA) is 89.6 Å². The molecule has 22 heavy (non-hydrogen) atoms. The molecule has 1 saturated carbocycles. The number of hydrogen-bond acceptors (Lipinski definition) is 5. The summed E-state index contributed by atoms with van der Waals surface area (Å²) in [4.78, 5) is 24.4. The van der Waals surface area contributed by atoms with Crippen molar-refractivity contribution in [2.45, 2.75) is 52.2 Å². The first-order valence-electron chi connectivity index (χ1n) is 7.70. The first-order valence-corrected chi connectivity index (χ1v) is 7.70. The first kappa shape index (κ1) is 15.4. The molecule has 0 unspecified atom stereocenters. The van der Waals surface area contributed by atoms with E-state index in [9.17, 15) is 14.7 Å². The molecule has 0 aromatic rings. The van der Waals surface area contributed by atoms with Crippen molar-refractivity contribution < 1.29 is 19.4 Å². The van der Waals surface area contributed by atoms with Crippen molar-refractivity contribution in [3.05, 3.63) is 22.8 Å². The molecule has 120 valence electrons. The number of hydrogen-bond donors (Lipinski definition) is 2. The van der Waals surface area contributed by atoms with Gasteiger partial charge in [-0.15, -0.1) is 0 Å². The van der Waals surface area contributed by atoms with E-state index in [1.165, 1.54) is 6.92 Å². The van der Waals surface area contributed by atoms with Crippen LogP contribution in [0, 0.1) is 10.8 Å². The summed E-state index contributed by atoms with van der Waals surface area (Å²) in [5.74, 6) is -0.672. The van der Waals surface area contributed by atoms with Crippen LogP contribution in [0.3, 0.4) is 0 Å². The van der Waals surface area contributed by atoms with Crippen LogP contribution >= 0.6 is 0 Å². The highest BCUT2D eigenvalue weighted by atomic mass is 16.5. The molecule has 3 aliphatic carbocycles. The average Bonchev–Trinajstić information content (AvgIpc) is 3.19. The minimum absolute atomic E-state index is 0.258. The third kappa shape index (κ3) is 1.66. The standard InChI is InChI=1S/C17H23NO4/c1-9-12-11(13(20)16(4,21)17(9)5-6-17)7-15(3,8-18)14(12)22-10(2)19/h7,14,21H,5-6,8,18H2,1-4H3/t14-,15+,16+/m1/s1. The molecular weight excluding hydrogens is 282 g/mol. The zero-order chi connectivity index (χ0) is 16.5. The van der Waals surface area contributed by atoms with Gasteiger partial charge >= 0.3 is 5.97 Å². The Bertz CT molecular complexity index is 639. The Labute approximate surface area is 130 Å². The number of esters is 1. The maximum absolute atomic E-state index is 12.8. The van der Waals surface area contributed by atoms with Crippen molar-refractivity contribution in [3.8, 4) is 0 Å². The second-order valence-electron chi connectivity index (χ2n) is 7.28. The third-order valence-electron chi connectivity index (χ3n) is 5.84. The highest BCUT2D eigenvalue weighted by Gasteiger charge is 2.67. The number of fused-ring (bicyclic) bond motifs is 1. The predicted molar refractivity (Wildman–Crippen MR) is 80.8 cm³/mol. The van der Waals surface area contributed by atoms with Crippen LogP contribution in [-0.2, 0) is 14.3 Å². The van der Waals surface area contributed by atoms with E-state index in [1.807, 2.05) is 13.8 Å². The van der Waals surface area contributed by atoms with Crippen LogP contribution in [0.15, 0.2) is 22.8 Å². The maximum Gasteiger partial charge on any atom is 0.303 e. The van der Waals surface area contributed by atoms with Gasteiger partial charge in [0.2, 0.25) is 0 Å². The lowest BCUT2D eigenvalue weighted by molar-refractivity contribution is -0.148. The molecule has 0 saturated heterocycles. The highest BCUT2D eigenvalue weighted by molar-refractivity contribution is 6.09. The second kappa shape index (κ2) is 4.30. The number of Topliss-reactive ketones (excluding diaryl/α,β-unsaturated/α-hetero) is 1. The number of nitrogens with two attached hydrogens (primary N) is 1. The highest BCUT2D eigenvalue weighted by Crippen LogP contribution is 2.65. The number of ether oxygens (including phenoxy) is 1. The van der Waals surface area contributed by atoms with E-state index >= 15 is 0 Å². The summed E-state index contributed by atoms with van der Waals surface area (Å²) in [7, 11) is 0. The van der Waals surface area contributed by atoms with Crippen molar-refractivity contribution in [3.63, 3.8) is 0 Å². The molecule has 0 aromatic heterocycles. The number of carbonyl (C=O) groups excluding carboxylic acids is 2. The van der Waals surface area contributed by atoms with Gasteiger partial charge < -0.3 is 15.6 Å². The van der Waals surface area contributed by atoms with Crippen LogP contribution in [0.25, 0.3) is 0 Å². The van der Waals surface area contributed by atoms with Gasteiger partial charge in [0.15, 0.2) is 5.78 Å². The lowest BCUT2D eigenvalue weighted by Crippen LogP contribution is -2.50. The van der Waals surface area contributed by atoms with Gasteiger partial charge in [0.25, 0.3) is 0 Å². The molecule has 0 bridgehead atoms. The van der Waals surface area contributed by atoms with Gasteiger partial charge in [-0.25, -0.2) is 0 Å². The van der Waals surface area contributed by atoms with Crippen LogP contribution in [0.1, 0.15) is 40.5 Å². The first-order chi connectivity index (χ1) is 10.1. The largest absolute Gasteiger partial charge is 0.457 e. The zero-order valence-corrected chi connectivity index (χ0v) is 13.5. The molecule has 0 radical (unpaired) electrons. The summed E-state index contributed by atoms with van der Waals surface area (Å²) >= 11 is 0. The molecule has 3 atom stereocenters. The third-order valence-corrected chi connectivity index (χ3v) is 5.84. The van der Waals surface area contributed by atoms with Gasteiger partial charge in [0.1, 0.15) is 11.7 Å². The van der Waals surface area contributed by atoms with Crippen LogP contribution in [-0.4, -0.2) is 35.1 Å². The van der Waals surface area contributed by atoms with Crippen LogP contribution in [0.2, 0.25) is 0 Å². The maximum atomic E-state index is 12.8. The van der Waals surface area contributed by atoms with Crippen molar-refractivity contribution in [2.24, 2.45) is 16.6 Å². The molecule has 0 heterocycles. The fourth-order valence-electron chi connectivity index (χ4n) is 4.16. The molecular formula is C17H23NO4. The van der Waals surface area contributed by atoms with E-state index in [4.69, 9.17) is 10.5 Å². The summed E-state index contributed by atoms with van der Waals surface area (Å²) in [6, 6.07) is 0. The van der Waals surface area contributed by atoms with Crippen molar-refractivity contribution >= 4 is 11.8 Å². The molecule has 0 aliphatic heterocycles. The van der Waals surface area contributed by atoms with E-state index in [2.05, 4.69) is 0 Å². The van der Waals surface area contributed by atoms with Crippen LogP contribution in [0.4, 0.5) is 0 Å². The lowest BCUT2D eigenvalue weighted by Gasteiger charge is -2.40. The Hall–Kier alpha value is -1.46. The van der Waals surface area contributed by atoms with Gasteiger partial charge in [0.05, 0.1) is 0 Å². The Morgan fingerprint density at radius 2 is 2.05 bits per heavy atom. The molecule has 3 aliphatic rings. The van der Waals surface area contributed by atoms with Crippen LogP contribution in [0.5, 0.6) is 0 Å². The fraction of sp³-hybridized carbons (Fsp3) is 0.647. The minimum Gasteiger partial charge on any atom is -0.457 e. The minimum atomic E-state index is -1.40. The lowest BCUT2D eigenvalue weighted by atomic mass is 9.67. The van der Waals surface area contributed by atoms with Crippen molar-refractivity contribution in [2.75, 3.05) is 6.54 Å². The molecule has 1 fully saturated rings. The van der Waals surface area contributed by atoms with Gasteiger partial charge in [0, 0.05) is 35.4 Å². The molecule has 1 spiro atoms. The van der Waals surface area contributed by atoms with E-state index in [0.717, 1.165) is 24.0 Å². The Morgan fingerprint density at radius 3 is 2.50 bits per heavy atom. The fourth-order valence-corrected chi connectivity index (χ4v) is 4.16. The number of ketones is 1. The SMILES string of the molecule is CC(=O)O[C@@H]1C2=C(C)C3(CC3)[C@@](C)(O)C(=O)C2=C[C@@]1(C)CN. The van der Waals surface area contributed by atoms with E-state index in [1.54, 1.807) is 13.0 Å². The zero-order valence-electron chi connectivity index (χ0n) is 13.5. The van der Waals surface area contributed by atoms with Gasteiger partial charge in [-0.3, -0.25) is 9.59 Å². The Balaban J connectivity index is 2.22. The van der Waals surface area contributed by atoms with Gasteiger partial charge in [-0.2, -0.15) is 0 Å². The van der Waals surface area contributed by atoms with Crippen molar-refractivity contribution in [1.82, 2.24) is 0 Å². The molecule has 0 aromatic carbocycles. The molecule has 5 nitrogen and oxygen atoms in total. The Morgan fingerprint density at radius 1 is 1.45 bits per heavy atom. The monoisotopic (exact) mass is 305 g/mol. The van der Waals surface area contributed by atoms with E-state index < -0.39 is 28.5 Å². The summed E-state index contributed by atoms with van der Waals surface area (Å²) < 4.78 is 5.53. The van der Waals surface area contributed by atoms with Gasteiger partial charge in [-0.05, 0) is 26.7 Å². The molecule has 5 heteroatoms. The summed E-state index contributed by atoms with van der Waals surface area (Å²) in [5.41, 5.74) is 5.57. The molecule has 3 N–H and O–H groups in total. The van der Waals surface area contributed by atoms with E-state index in [0.29, 0.717) is 5.57 Å². The average molecular weight is 305 g/mol. The summed E-state index contributed by atoms with van der Waals surface area (Å²) in [6.07, 6.45) is 2.79. The molecule has 3 rings (SSSR count). The van der Waals surface area contributed by atoms with Gasteiger partial charge in [-0.1, -0.05) is 18.6 Å². The summed E-state index contributed by atoms with van der Waals surface area (Å²) in [6.45, 7) is 7.04. The van der Waals surface area contributed by atoms with E-state index in [-0.39, 0.29) is 12.3 Å². The second-order valence-corrected chi connectivity index (χ2v) is 7.28. The van der Waals surface area contributed by atoms with Crippen molar-refractivity contribution in [1.29, 1.82) is 0 Å². The predicted octanol–water partition coefficient (Wildman–Crippen LogP) is 1.25. The Kier molecular flexibility index (Phi) is 3.01. The number of rotatable bonds is 2. The summed E-state index contributed by atoms with van der Waals surface area (Å²) in [5, 5.41) is 10.8. The quantitative estimate of drug-likeness (QED) is 0.750. The van der Waals surface area contributed by atoms with Crippen LogP contribution < -0.4 is 5.73 Å². The normalized spacial score (nSPS) is 38.9. The number of aliphatic hydroxyl groups is 1. The molecule has 0 amide bonds. The smallest absolute Gasteiger partial charge is 0.303 e.